The summed E-state index contributed by atoms with van der Waals surface area (Å²) in [5.41, 5.74) is 2.85. The fraction of sp³-hybridized carbons (Fsp3) is 0.136. The zero-order chi connectivity index (χ0) is 19.4. The molecule has 3 rings (SSSR count). The summed E-state index contributed by atoms with van der Waals surface area (Å²) in [6.07, 6.45) is 5.57. The number of benzene rings is 1. The van der Waals surface area contributed by atoms with Gasteiger partial charge in [0.05, 0.1) is 11.4 Å². The van der Waals surface area contributed by atoms with Crippen molar-refractivity contribution in [3.05, 3.63) is 83.1 Å². The number of nitrogens with one attached hydrogen (secondary N) is 2. The van der Waals surface area contributed by atoms with Gasteiger partial charge < -0.3 is 10.3 Å². The standard InChI is InChI=1S/C22H21F2N3.2H2/c1-4-16-13-21(19-10-5-6-11-25-19)27-20(16)12-15(2)26-18-9-7-8-17(14-18)22(3,23)24;;/h4-14,26-27H,2H2,1,3H3;2*1H/b16-4-,20-12+;;. The van der Waals surface area contributed by atoms with Crippen molar-refractivity contribution in [1.82, 2.24) is 9.97 Å². The number of pyridine rings is 1. The summed E-state index contributed by atoms with van der Waals surface area (Å²) in [7, 11) is 0. The maximum absolute atomic E-state index is 13.5. The lowest BCUT2D eigenvalue weighted by molar-refractivity contribution is 0.0175. The summed E-state index contributed by atoms with van der Waals surface area (Å²) in [5.74, 6) is -2.88. The van der Waals surface area contributed by atoms with E-state index in [4.69, 9.17) is 0 Å². The van der Waals surface area contributed by atoms with Crippen molar-refractivity contribution in [3.63, 3.8) is 0 Å². The van der Waals surface area contributed by atoms with Gasteiger partial charge in [0.15, 0.2) is 0 Å². The average molecular weight is 369 g/mol. The van der Waals surface area contributed by atoms with Gasteiger partial charge in [0.2, 0.25) is 0 Å². The predicted molar refractivity (Wildman–Crippen MR) is 111 cm³/mol. The van der Waals surface area contributed by atoms with E-state index in [1.165, 1.54) is 12.1 Å². The second-order valence-corrected chi connectivity index (χ2v) is 6.32. The van der Waals surface area contributed by atoms with E-state index in [-0.39, 0.29) is 8.42 Å². The molecule has 0 amide bonds. The molecule has 0 aliphatic heterocycles. The van der Waals surface area contributed by atoms with Crippen LogP contribution in [0.5, 0.6) is 0 Å². The highest BCUT2D eigenvalue weighted by atomic mass is 19.3. The number of anilines is 1. The van der Waals surface area contributed by atoms with Gasteiger partial charge >= 0.3 is 0 Å². The molecule has 0 radical (unpaired) electrons. The Labute approximate surface area is 159 Å². The molecule has 3 aromatic rings. The second kappa shape index (κ2) is 7.58. The number of aromatic amines is 1. The van der Waals surface area contributed by atoms with E-state index in [0.717, 1.165) is 28.9 Å². The zero-order valence-corrected chi connectivity index (χ0v) is 15.3. The number of halogens is 2. The lowest BCUT2D eigenvalue weighted by Gasteiger charge is -2.13. The number of alkyl halides is 2. The average Bonchev–Trinajstić information content (AvgIpc) is 3.04. The van der Waals surface area contributed by atoms with Gasteiger partial charge in [0.1, 0.15) is 0 Å². The maximum atomic E-state index is 13.5. The number of allylic oxidation sites excluding steroid dienone is 1. The molecule has 0 atom stereocenters. The van der Waals surface area contributed by atoms with E-state index >= 15 is 0 Å². The molecule has 0 aliphatic carbocycles. The first-order valence-electron chi connectivity index (χ1n) is 8.59. The van der Waals surface area contributed by atoms with Crippen molar-refractivity contribution in [3.8, 4) is 11.4 Å². The number of hydrogen-bond acceptors (Lipinski definition) is 2. The molecule has 0 bridgehead atoms. The molecule has 2 heterocycles. The molecule has 0 fully saturated rings. The number of hydrogen-bond donors (Lipinski definition) is 2. The van der Waals surface area contributed by atoms with E-state index in [9.17, 15) is 8.78 Å². The van der Waals surface area contributed by atoms with Gasteiger partial charge in [-0.05, 0) is 48.6 Å². The Balaban J connectivity index is 0.00000210. The van der Waals surface area contributed by atoms with E-state index in [1.807, 2.05) is 43.3 Å². The molecule has 0 saturated heterocycles. The largest absolute Gasteiger partial charge is 0.356 e. The van der Waals surface area contributed by atoms with Gasteiger partial charge in [0.25, 0.3) is 5.92 Å². The molecule has 1 aromatic carbocycles. The van der Waals surface area contributed by atoms with Gasteiger partial charge in [-0.1, -0.05) is 30.9 Å². The Morgan fingerprint density at radius 1 is 1.22 bits per heavy atom. The molecule has 5 heteroatoms. The minimum atomic E-state index is -2.88. The van der Waals surface area contributed by atoms with Crippen LogP contribution in [0, 0.1) is 0 Å². The fourth-order valence-electron chi connectivity index (χ4n) is 2.77. The smallest absolute Gasteiger partial charge is 0.270 e. The van der Waals surface area contributed by atoms with Crippen LogP contribution in [0.4, 0.5) is 14.5 Å². The SMILES string of the molecule is C=C(/C=c1/[nH]c(-c2ccccn2)c/c1=C/C)Nc1cccc(C(C)(F)F)c1.[HH].[HH]. The molecule has 27 heavy (non-hydrogen) atoms. The number of H-pyrrole nitrogens is 1. The molecule has 0 spiro atoms. The first-order chi connectivity index (χ1) is 12.9. The summed E-state index contributed by atoms with van der Waals surface area (Å²) >= 11 is 0. The van der Waals surface area contributed by atoms with E-state index in [2.05, 4.69) is 21.9 Å². The van der Waals surface area contributed by atoms with Crippen LogP contribution in [0.1, 0.15) is 22.3 Å². The highest BCUT2D eigenvalue weighted by molar-refractivity contribution is 5.61. The molecular formula is C22H25F2N3. The number of nitrogens with zero attached hydrogens (tertiary/aromatic N) is 1. The first kappa shape index (κ1) is 18.6. The summed E-state index contributed by atoms with van der Waals surface area (Å²) in [4.78, 5) is 7.68. The Kier molecular flexibility index (Phi) is 5.21. The lowest BCUT2D eigenvalue weighted by atomic mass is 10.1. The van der Waals surface area contributed by atoms with Crippen LogP contribution in [0.25, 0.3) is 23.5 Å². The van der Waals surface area contributed by atoms with E-state index < -0.39 is 5.92 Å². The quantitative estimate of drug-likeness (QED) is 0.672. The number of aromatic nitrogens is 2. The highest BCUT2D eigenvalue weighted by Crippen LogP contribution is 2.28. The molecule has 3 nitrogen and oxygen atoms in total. The van der Waals surface area contributed by atoms with Gasteiger partial charge in [-0.15, -0.1) is 0 Å². The molecule has 2 aromatic heterocycles. The van der Waals surface area contributed by atoms with Crippen LogP contribution < -0.4 is 15.9 Å². The molecule has 0 saturated carbocycles. The topological polar surface area (TPSA) is 40.7 Å². The van der Waals surface area contributed by atoms with Crippen LogP contribution in [0.15, 0.2) is 67.0 Å². The normalized spacial score (nSPS) is 13.0. The van der Waals surface area contributed by atoms with Crippen LogP contribution in [-0.2, 0) is 5.92 Å². The van der Waals surface area contributed by atoms with E-state index in [0.29, 0.717) is 11.4 Å². The van der Waals surface area contributed by atoms with Crippen molar-refractivity contribution in [2.24, 2.45) is 0 Å². The molecule has 142 valence electrons. The van der Waals surface area contributed by atoms with Crippen molar-refractivity contribution < 1.29 is 11.6 Å². The number of rotatable bonds is 5. The van der Waals surface area contributed by atoms with Crippen LogP contribution in [0.2, 0.25) is 0 Å². The Morgan fingerprint density at radius 3 is 2.70 bits per heavy atom. The van der Waals surface area contributed by atoms with Crippen LogP contribution in [-0.4, -0.2) is 9.97 Å². The third-order valence-electron chi connectivity index (χ3n) is 4.12. The summed E-state index contributed by atoms with van der Waals surface area (Å²) in [5, 5.41) is 4.95. The summed E-state index contributed by atoms with van der Waals surface area (Å²) in [6, 6.07) is 13.9. The maximum Gasteiger partial charge on any atom is 0.270 e. The predicted octanol–water partition coefficient (Wildman–Crippen LogP) is 4.89. The van der Waals surface area contributed by atoms with Crippen molar-refractivity contribution in [2.45, 2.75) is 19.8 Å². The Morgan fingerprint density at radius 2 is 2.04 bits per heavy atom. The van der Waals surface area contributed by atoms with Gasteiger partial charge in [-0.3, -0.25) is 4.98 Å². The van der Waals surface area contributed by atoms with Crippen LogP contribution >= 0.6 is 0 Å². The van der Waals surface area contributed by atoms with Gasteiger partial charge in [0, 0.05) is 38.3 Å². The fourth-order valence-corrected chi connectivity index (χ4v) is 2.77. The minimum Gasteiger partial charge on any atom is -0.356 e. The molecular weight excluding hydrogens is 344 g/mol. The van der Waals surface area contributed by atoms with Crippen molar-refractivity contribution in [1.29, 1.82) is 0 Å². The van der Waals surface area contributed by atoms with Gasteiger partial charge in [-0.25, -0.2) is 8.78 Å². The third-order valence-corrected chi connectivity index (χ3v) is 4.12. The van der Waals surface area contributed by atoms with Crippen molar-refractivity contribution in [2.75, 3.05) is 5.32 Å². The highest BCUT2D eigenvalue weighted by Gasteiger charge is 2.24. The summed E-state index contributed by atoms with van der Waals surface area (Å²) < 4.78 is 27.0. The van der Waals surface area contributed by atoms with Gasteiger partial charge in [-0.2, -0.15) is 0 Å². The Hall–Kier alpha value is -3.21. The monoisotopic (exact) mass is 369 g/mol. The minimum absolute atomic E-state index is 0. The second-order valence-electron chi connectivity index (χ2n) is 6.32. The Bertz CT molecular complexity index is 1070. The molecule has 0 aliphatic rings. The first-order valence-corrected chi connectivity index (χ1v) is 8.59. The van der Waals surface area contributed by atoms with Crippen molar-refractivity contribution >= 4 is 17.8 Å². The molecule has 0 unspecified atom stereocenters. The lowest BCUT2D eigenvalue weighted by Crippen LogP contribution is -2.22. The summed E-state index contributed by atoms with van der Waals surface area (Å²) in [6.45, 7) is 6.82. The molecule has 2 N–H and O–H groups in total. The van der Waals surface area contributed by atoms with E-state index in [1.54, 1.807) is 18.3 Å². The zero-order valence-electron chi connectivity index (χ0n) is 15.3. The third kappa shape index (κ3) is 4.50. The van der Waals surface area contributed by atoms with Crippen LogP contribution in [0.3, 0.4) is 0 Å².